The molecule has 1 amide bonds. The lowest BCUT2D eigenvalue weighted by molar-refractivity contribution is -0.169. The van der Waals surface area contributed by atoms with Crippen molar-refractivity contribution in [2.24, 2.45) is 0 Å². The van der Waals surface area contributed by atoms with Crippen molar-refractivity contribution in [1.29, 1.82) is 0 Å². The van der Waals surface area contributed by atoms with Crippen molar-refractivity contribution in [3.8, 4) is 11.5 Å². The van der Waals surface area contributed by atoms with Crippen LogP contribution in [0.4, 0.5) is 5.69 Å². The van der Waals surface area contributed by atoms with Gasteiger partial charge in [-0.25, -0.2) is 8.42 Å². The first-order chi connectivity index (χ1) is 19.8. The summed E-state index contributed by atoms with van der Waals surface area (Å²) in [5, 5.41) is 14.7. The van der Waals surface area contributed by atoms with E-state index in [1.54, 1.807) is 31.2 Å². The van der Waals surface area contributed by atoms with Gasteiger partial charge in [-0.2, -0.15) is 4.31 Å². The van der Waals surface area contributed by atoms with Crippen LogP contribution in [0.2, 0.25) is 0 Å². The molecule has 42 heavy (non-hydrogen) atoms. The quantitative estimate of drug-likeness (QED) is 0.310. The number of aliphatic hydroxyl groups is 1. The zero-order chi connectivity index (χ0) is 30.2. The van der Waals surface area contributed by atoms with Crippen molar-refractivity contribution >= 4 is 27.4 Å². The van der Waals surface area contributed by atoms with E-state index in [1.165, 1.54) is 22.5 Å². The molecule has 0 saturated carbocycles. The number of ketones is 1. The number of nitrogens with two attached hydrogens (primary N) is 1. The van der Waals surface area contributed by atoms with Crippen LogP contribution in [-0.4, -0.2) is 78.7 Å². The number of amides is 1. The van der Waals surface area contributed by atoms with Crippen LogP contribution in [-0.2, 0) is 21.3 Å². The predicted molar refractivity (Wildman–Crippen MR) is 153 cm³/mol. The van der Waals surface area contributed by atoms with Gasteiger partial charge in [0.05, 0.1) is 11.7 Å². The van der Waals surface area contributed by atoms with Crippen LogP contribution in [0.25, 0.3) is 0 Å². The van der Waals surface area contributed by atoms with Crippen molar-refractivity contribution in [3.05, 3.63) is 70.4 Å². The molecule has 0 radical (unpaired) electrons. The Bertz CT molecular complexity index is 1730. The van der Waals surface area contributed by atoms with E-state index in [9.17, 15) is 23.1 Å². The number of carbonyl (C=O) groups is 2. The van der Waals surface area contributed by atoms with Gasteiger partial charge in [0.2, 0.25) is 11.3 Å². The van der Waals surface area contributed by atoms with Gasteiger partial charge in [-0.3, -0.25) is 9.59 Å². The van der Waals surface area contributed by atoms with Crippen molar-refractivity contribution in [2.45, 2.75) is 43.2 Å². The number of hydrogen-bond acceptors (Lipinski definition) is 9. The van der Waals surface area contributed by atoms with Gasteiger partial charge in [-0.05, 0) is 57.6 Å². The first-order valence-electron chi connectivity index (χ1n) is 13.7. The van der Waals surface area contributed by atoms with Crippen LogP contribution in [0.15, 0.2) is 47.5 Å². The van der Waals surface area contributed by atoms with E-state index in [4.69, 9.17) is 15.2 Å². The molecule has 1 fully saturated rings. The summed E-state index contributed by atoms with van der Waals surface area (Å²) < 4.78 is 40.0. The fraction of sp³-hybridized carbons (Fsp3) is 0.379. The summed E-state index contributed by atoms with van der Waals surface area (Å²) in [4.78, 5) is 32.9. The van der Waals surface area contributed by atoms with E-state index in [0.29, 0.717) is 37.5 Å². The zero-order valence-corrected chi connectivity index (χ0v) is 24.5. The summed E-state index contributed by atoms with van der Waals surface area (Å²) in [5.41, 5.74) is 4.83. The van der Waals surface area contributed by atoms with Gasteiger partial charge >= 0.3 is 0 Å². The van der Waals surface area contributed by atoms with E-state index in [-0.39, 0.29) is 45.0 Å². The number of benzene rings is 2. The molecular formula is C29H33N5O7S. The normalized spacial score (nSPS) is 23.8. The van der Waals surface area contributed by atoms with Gasteiger partial charge < -0.3 is 35.5 Å². The molecule has 0 unspecified atom stereocenters. The Balaban J connectivity index is 1.42. The molecule has 0 bridgehead atoms. The lowest BCUT2D eigenvalue weighted by Crippen LogP contribution is -2.60. The average molecular weight is 596 g/mol. The minimum absolute atomic E-state index is 0.0370. The first kappa shape index (κ1) is 28.2. The molecule has 2 aromatic carbocycles. The van der Waals surface area contributed by atoms with Crippen LogP contribution < -0.4 is 20.5 Å². The molecule has 222 valence electrons. The Morgan fingerprint density at radius 3 is 2.55 bits per heavy atom. The minimum atomic E-state index is -3.90. The molecule has 5 N–H and O–H groups in total. The highest BCUT2D eigenvalue weighted by Gasteiger charge is 2.72. The second-order valence-electron chi connectivity index (χ2n) is 11.3. The number of aryl methyl sites for hydroxylation is 1. The summed E-state index contributed by atoms with van der Waals surface area (Å²) in [6, 6.07) is 10.8. The maximum Gasteiger partial charge on any atom is 0.271 e. The molecule has 1 aliphatic carbocycles. The number of anilines is 1. The fourth-order valence-electron chi connectivity index (χ4n) is 6.00. The first-order valence-corrected chi connectivity index (χ1v) is 15.1. The summed E-state index contributed by atoms with van der Waals surface area (Å²) in [5.74, 6) is -3.19. The van der Waals surface area contributed by atoms with Gasteiger partial charge in [0.25, 0.3) is 21.7 Å². The van der Waals surface area contributed by atoms with E-state index in [0.717, 1.165) is 0 Å². The summed E-state index contributed by atoms with van der Waals surface area (Å²) in [6.45, 7) is 7.12. The number of nitrogens with one attached hydrogen (secondary N) is 2. The van der Waals surface area contributed by atoms with Crippen LogP contribution in [0.1, 0.15) is 51.4 Å². The van der Waals surface area contributed by atoms with Gasteiger partial charge in [0.15, 0.2) is 0 Å². The standard InChI is InChI=1S/C29H33N5O7S/c1-16(2)40-18-8-9-19-22(15-18)41-29(37)20-6-5-7-21(30)24(20)26(35)28(19,29)32-27(36)25-17(3)14-23(31-25)42(38,39)34-12-10-33(4)11-13-34/h5-9,14-16,31,37H,10-13,30H2,1-4H3,(H,32,36)/t28-,29-/m1/s1. The number of likely N-dealkylation sites (N-methyl/N-ethyl adjacent to an activating group) is 1. The van der Waals surface area contributed by atoms with Crippen molar-refractivity contribution < 1.29 is 32.6 Å². The van der Waals surface area contributed by atoms with Gasteiger partial charge in [0, 0.05) is 49.1 Å². The molecule has 13 heteroatoms. The lowest BCUT2D eigenvalue weighted by Gasteiger charge is -2.34. The second kappa shape index (κ2) is 9.56. The SMILES string of the molecule is Cc1cc(S(=O)(=O)N2CCN(C)CC2)[nH]c1C(=O)N[C@]12C(=O)c3c(N)cccc3[C@@]1(O)Oc1cc(OC(C)C)ccc12. The van der Waals surface area contributed by atoms with Crippen molar-refractivity contribution in [2.75, 3.05) is 39.0 Å². The number of rotatable bonds is 6. The molecule has 1 aromatic heterocycles. The number of carbonyl (C=O) groups excluding carboxylic acids is 2. The van der Waals surface area contributed by atoms with Crippen LogP contribution >= 0.6 is 0 Å². The van der Waals surface area contributed by atoms with E-state index < -0.39 is 33.0 Å². The van der Waals surface area contributed by atoms with Crippen molar-refractivity contribution in [1.82, 2.24) is 19.5 Å². The molecule has 1 saturated heterocycles. The Kier molecular flexibility index (Phi) is 6.42. The van der Waals surface area contributed by atoms with E-state index >= 15 is 0 Å². The third kappa shape index (κ3) is 3.95. The minimum Gasteiger partial charge on any atom is -0.491 e. The third-order valence-electron chi connectivity index (χ3n) is 8.12. The summed E-state index contributed by atoms with van der Waals surface area (Å²) >= 11 is 0. The number of nitrogens with zero attached hydrogens (tertiary/aromatic N) is 2. The van der Waals surface area contributed by atoms with Crippen molar-refractivity contribution in [3.63, 3.8) is 0 Å². The summed E-state index contributed by atoms with van der Waals surface area (Å²) in [6.07, 6.45) is -0.143. The number of hydrogen-bond donors (Lipinski definition) is 4. The maximum atomic E-state index is 14.2. The van der Waals surface area contributed by atoms with Crippen LogP contribution in [0.3, 0.4) is 0 Å². The highest BCUT2D eigenvalue weighted by Crippen LogP contribution is 2.59. The molecule has 0 spiro atoms. The number of fused-ring (bicyclic) bond motifs is 5. The number of Topliss-reactive ketones (excluding diaryl/α,β-unsaturated/α-hetero) is 1. The smallest absolute Gasteiger partial charge is 0.271 e. The maximum absolute atomic E-state index is 14.2. The zero-order valence-electron chi connectivity index (χ0n) is 23.7. The predicted octanol–water partition coefficient (Wildman–Crippen LogP) is 1.69. The molecule has 2 atom stereocenters. The van der Waals surface area contributed by atoms with Gasteiger partial charge in [-0.1, -0.05) is 12.1 Å². The number of sulfonamides is 1. The Morgan fingerprint density at radius 1 is 1.14 bits per heavy atom. The Hall–Kier alpha value is -3.91. The molecule has 6 rings (SSSR count). The molecule has 12 nitrogen and oxygen atoms in total. The number of ether oxygens (including phenoxy) is 2. The van der Waals surface area contributed by atoms with E-state index in [2.05, 4.69) is 10.3 Å². The van der Waals surface area contributed by atoms with Gasteiger partial charge in [0.1, 0.15) is 22.2 Å². The number of nitrogen functional groups attached to an aromatic ring is 1. The second-order valence-corrected chi connectivity index (χ2v) is 13.2. The largest absolute Gasteiger partial charge is 0.491 e. The molecule has 3 aromatic rings. The fourth-order valence-corrected chi connectivity index (χ4v) is 7.48. The number of piperazine rings is 1. The van der Waals surface area contributed by atoms with Gasteiger partial charge in [-0.15, -0.1) is 0 Å². The Labute approximate surface area is 243 Å². The topological polar surface area (TPSA) is 167 Å². The number of aromatic amines is 1. The number of H-pyrrole nitrogens is 1. The monoisotopic (exact) mass is 595 g/mol. The summed E-state index contributed by atoms with van der Waals surface area (Å²) in [7, 11) is -1.98. The van der Waals surface area contributed by atoms with Crippen LogP contribution in [0.5, 0.6) is 11.5 Å². The molecule has 2 aliphatic heterocycles. The van der Waals surface area contributed by atoms with Crippen LogP contribution in [0, 0.1) is 6.92 Å². The molecule has 3 aliphatic rings. The highest BCUT2D eigenvalue weighted by atomic mass is 32.2. The average Bonchev–Trinajstić information content (AvgIpc) is 3.49. The molecular weight excluding hydrogens is 562 g/mol. The highest BCUT2D eigenvalue weighted by molar-refractivity contribution is 7.89. The number of aromatic nitrogens is 1. The third-order valence-corrected chi connectivity index (χ3v) is 9.94. The lowest BCUT2D eigenvalue weighted by atomic mass is 9.82. The Morgan fingerprint density at radius 2 is 1.86 bits per heavy atom. The van der Waals surface area contributed by atoms with E-state index in [1.807, 2.05) is 25.8 Å². The molecule has 3 heterocycles.